The molecule has 7 nitrogen and oxygen atoms in total. The molecule has 5 N–H and O–H groups in total. The quantitative estimate of drug-likeness (QED) is 0.717. The SMILES string of the molecule is CCc1nn(C(C)C(=O)NC(N)=O)c(CC)c1N. The molecule has 1 heterocycles. The van der Waals surface area contributed by atoms with Gasteiger partial charge in [-0.3, -0.25) is 14.8 Å². The molecule has 1 atom stereocenters. The van der Waals surface area contributed by atoms with Gasteiger partial charge in [-0.25, -0.2) is 4.79 Å². The van der Waals surface area contributed by atoms with Gasteiger partial charge in [0.05, 0.1) is 17.1 Å². The van der Waals surface area contributed by atoms with Gasteiger partial charge in [0.15, 0.2) is 0 Å². The monoisotopic (exact) mass is 253 g/mol. The minimum atomic E-state index is -0.874. The van der Waals surface area contributed by atoms with E-state index < -0.39 is 18.0 Å². The van der Waals surface area contributed by atoms with E-state index in [0.29, 0.717) is 18.5 Å². The second-order valence-electron chi connectivity index (χ2n) is 3.99. The lowest BCUT2D eigenvalue weighted by atomic mass is 10.2. The van der Waals surface area contributed by atoms with Gasteiger partial charge in [-0.2, -0.15) is 5.10 Å². The Hall–Kier alpha value is -2.05. The number of imide groups is 1. The summed E-state index contributed by atoms with van der Waals surface area (Å²) in [6, 6.07) is -1.50. The first-order valence-corrected chi connectivity index (χ1v) is 5.88. The Bertz CT molecular complexity index is 466. The van der Waals surface area contributed by atoms with E-state index in [9.17, 15) is 9.59 Å². The molecule has 3 amide bonds. The van der Waals surface area contributed by atoms with Gasteiger partial charge < -0.3 is 11.5 Å². The summed E-state index contributed by atoms with van der Waals surface area (Å²) in [4.78, 5) is 22.4. The largest absolute Gasteiger partial charge is 0.396 e. The van der Waals surface area contributed by atoms with Crippen LogP contribution in [-0.2, 0) is 17.6 Å². The number of nitrogen functional groups attached to an aromatic ring is 1. The fraction of sp³-hybridized carbons (Fsp3) is 0.545. The number of primary amides is 1. The summed E-state index contributed by atoms with van der Waals surface area (Å²) in [5.41, 5.74) is 13.0. The molecule has 0 aliphatic rings. The van der Waals surface area contributed by atoms with E-state index in [1.54, 1.807) is 11.6 Å². The van der Waals surface area contributed by atoms with Crippen molar-refractivity contribution in [3.63, 3.8) is 0 Å². The number of nitrogens with one attached hydrogen (secondary N) is 1. The van der Waals surface area contributed by atoms with Crippen molar-refractivity contribution in [2.45, 2.75) is 39.7 Å². The molecule has 0 fully saturated rings. The molecule has 0 saturated carbocycles. The third kappa shape index (κ3) is 2.61. The summed E-state index contributed by atoms with van der Waals surface area (Å²) in [7, 11) is 0. The Labute approximate surface area is 106 Å². The van der Waals surface area contributed by atoms with E-state index >= 15 is 0 Å². The van der Waals surface area contributed by atoms with Gasteiger partial charge in [0.25, 0.3) is 5.91 Å². The van der Waals surface area contributed by atoms with Crippen molar-refractivity contribution in [3.8, 4) is 0 Å². The first kappa shape index (κ1) is 14.0. The van der Waals surface area contributed by atoms with Crippen molar-refractivity contribution in [3.05, 3.63) is 11.4 Å². The van der Waals surface area contributed by atoms with E-state index in [0.717, 1.165) is 11.4 Å². The van der Waals surface area contributed by atoms with Crippen LogP contribution < -0.4 is 16.8 Å². The molecule has 100 valence electrons. The van der Waals surface area contributed by atoms with Crippen LogP contribution >= 0.6 is 0 Å². The number of carbonyl (C=O) groups excluding carboxylic acids is 2. The summed E-state index contributed by atoms with van der Waals surface area (Å²) in [6.45, 7) is 5.52. The third-order valence-corrected chi connectivity index (χ3v) is 2.79. The Kier molecular flexibility index (Phi) is 4.30. The van der Waals surface area contributed by atoms with Gasteiger partial charge >= 0.3 is 6.03 Å². The van der Waals surface area contributed by atoms with Crippen LogP contribution in [0.15, 0.2) is 0 Å². The lowest BCUT2D eigenvalue weighted by Crippen LogP contribution is -2.39. The molecule has 1 aromatic heterocycles. The number of aromatic nitrogens is 2. The van der Waals surface area contributed by atoms with Crippen molar-refractivity contribution >= 4 is 17.6 Å². The second-order valence-corrected chi connectivity index (χ2v) is 3.99. The summed E-state index contributed by atoms with van der Waals surface area (Å²) >= 11 is 0. The van der Waals surface area contributed by atoms with Crippen molar-refractivity contribution in [2.75, 3.05) is 5.73 Å². The third-order valence-electron chi connectivity index (χ3n) is 2.79. The topological polar surface area (TPSA) is 116 Å². The molecule has 0 aliphatic carbocycles. The van der Waals surface area contributed by atoms with E-state index in [1.807, 2.05) is 19.2 Å². The molecule has 1 aromatic rings. The molecule has 0 bridgehead atoms. The highest BCUT2D eigenvalue weighted by molar-refractivity contribution is 5.95. The highest BCUT2D eigenvalue weighted by Gasteiger charge is 2.22. The van der Waals surface area contributed by atoms with Crippen LogP contribution in [0.2, 0.25) is 0 Å². The maximum absolute atomic E-state index is 11.7. The standard InChI is InChI=1S/C11H19N5O2/c1-4-7-9(12)8(5-2)16(15-7)6(3)10(17)14-11(13)18/h6H,4-5,12H2,1-3H3,(H3,13,14,17,18). The highest BCUT2D eigenvalue weighted by Crippen LogP contribution is 2.22. The van der Waals surface area contributed by atoms with E-state index in [2.05, 4.69) is 5.10 Å². The maximum Gasteiger partial charge on any atom is 0.318 e. The van der Waals surface area contributed by atoms with Crippen LogP contribution in [0.4, 0.5) is 10.5 Å². The van der Waals surface area contributed by atoms with Crippen LogP contribution in [0.5, 0.6) is 0 Å². The van der Waals surface area contributed by atoms with Crippen molar-refractivity contribution < 1.29 is 9.59 Å². The van der Waals surface area contributed by atoms with Crippen LogP contribution in [-0.4, -0.2) is 21.7 Å². The van der Waals surface area contributed by atoms with Gasteiger partial charge in [-0.1, -0.05) is 13.8 Å². The van der Waals surface area contributed by atoms with Crippen LogP contribution in [0, 0.1) is 0 Å². The predicted octanol–water partition coefficient (Wildman–Crippen LogP) is 0.346. The number of urea groups is 1. The van der Waals surface area contributed by atoms with Gasteiger partial charge in [-0.15, -0.1) is 0 Å². The first-order chi connectivity index (χ1) is 8.42. The van der Waals surface area contributed by atoms with E-state index in [-0.39, 0.29) is 0 Å². The van der Waals surface area contributed by atoms with Crippen molar-refractivity contribution in [1.82, 2.24) is 15.1 Å². The predicted molar refractivity (Wildman–Crippen MR) is 67.8 cm³/mol. The number of anilines is 1. The van der Waals surface area contributed by atoms with Crippen LogP contribution in [0.3, 0.4) is 0 Å². The average molecular weight is 253 g/mol. The fourth-order valence-corrected chi connectivity index (χ4v) is 1.81. The molecule has 7 heteroatoms. The Balaban J connectivity index is 3.08. The molecule has 0 radical (unpaired) electrons. The number of nitrogens with two attached hydrogens (primary N) is 2. The lowest BCUT2D eigenvalue weighted by Gasteiger charge is -2.13. The number of hydrogen-bond donors (Lipinski definition) is 3. The molecular formula is C11H19N5O2. The number of carbonyl (C=O) groups is 2. The molecule has 18 heavy (non-hydrogen) atoms. The van der Waals surface area contributed by atoms with Crippen molar-refractivity contribution in [2.24, 2.45) is 5.73 Å². The zero-order valence-electron chi connectivity index (χ0n) is 10.9. The molecule has 0 aromatic carbocycles. The number of aryl methyl sites for hydroxylation is 1. The van der Waals surface area contributed by atoms with Gasteiger partial charge in [-0.05, 0) is 19.8 Å². The number of amides is 3. The molecular weight excluding hydrogens is 234 g/mol. The minimum Gasteiger partial charge on any atom is -0.396 e. The average Bonchev–Trinajstić information content (AvgIpc) is 2.63. The molecule has 1 rings (SSSR count). The van der Waals surface area contributed by atoms with Crippen LogP contribution in [0.25, 0.3) is 0 Å². The number of rotatable bonds is 4. The van der Waals surface area contributed by atoms with E-state index in [1.165, 1.54) is 0 Å². The minimum absolute atomic E-state index is 0.498. The number of nitrogens with zero attached hydrogens (tertiary/aromatic N) is 2. The van der Waals surface area contributed by atoms with Gasteiger partial charge in [0, 0.05) is 0 Å². The molecule has 0 aliphatic heterocycles. The highest BCUT2D eigenvalue weighted by atomic mass is 16.2. The van der Waals surface area contributed by atoms with E-state index in [4.69, 9.17) is 11.5 Å². The Morgan fingerprint density at radius 2 is 2.00 bits per heavy atom. The Morgan fingerprint density at radius 1 is 1.39 bits per heavy atom. The molecule has 1 unspecified atom stereocenters. The first-order valence-electron chi connectivity index (χ1n) is 5.88. The summed E-state index contributed by atoms with van der Waals surface area (Å²) in [5.74, 6) is -0.498. The summed E-state index contributed by atoms with van der Waals surface area (Å²) < 4.78 is 1.55. The molecule has 0 saturated heterocycles. The van der Waals surface area contributed by atoms with Crippen molar-refractivity contribution in [1.29, 1.82) is 0 Å². The zero-order chi connectivity index (χ0) is 13.9. The number of hydrogen-bond acceptors (Lipinski definition) is 4. The zero-order valence-corrected chi connectivity index (χ0v) is 10.9. The van der Waals surface area contributed by atoms with Crippen LogP contribution in [0.1, 0.15) is 38.2 Å². The van der Waals surface area contributed by atoms with Gasteiger partial charge in [0.2, 0.25) is 0 Å². The lowest BCUT2D eigenvalue weighted by molar-refractivity contribution is -0.123. The summed E-state index contributed by atoms with van der Waals surface area (Å²) in [5, 5.41) is 6.34. The normalized spacial score (nSPS) is 12.2. The summed E-state index contributed by atoms with van der Waals surface area (Å²) in [6.07, 6.45) is 1.35. The smallest absolute Gasteiger partial charge is 0.318 e. The second kappa shape index (κ2) is 5.52. The fourth-order valence-electron chi connectivity index (χ4n) is 1.81. The van der Waals surface area contributed by atoms with Gasteiger partial charge in [0.1, 0.15) is 6.04 Å². The maximum atomic E-state index is 11.7. The molecule has 0 spiro atoms. The Morgan fingerprint density at radius 3 is 2.44 bits per heavy atom.